The molecule has 1 saturated heterocycles. The summed E-state index contributed by atoms with van der Waals surface area (Å²) >= 11 is 1.47. The molecular formula is C20H27N3O2S. The summed E-state index contributed by atoms with van der Waals surface area (Å²) in [5.74, 6) is 1.98. The van der Waals surface area contributed by atoms with Crippen molar-refractivity contribution in [2.75, 3.05) is 25.0 Å². The Labute approximate surface area is 159 Å². The number of hydrogen-bond acceptors (Lipinski definition) is 5. The van der Waals surface area contributed by atoms with Crippen molar-refractivity contribution in [3.63, 3.8) is 0 Å². The van der Waals surface area contributed by atoms with E-state index in [1.165, 1.54) is 17.8 Å². The van der Waals surface area contributed by atoms with E-state index < -0.39 is 0 Å². The second kappa shape index (κ2) is 8.64. The van der Waals surface area contributed by atoms with Crippen LogP contribution in [-0.2, 0) is 11.3 Å². The van der Waals surface area contributed by atoms with Crippen molar-refractivity contribution in [1.29, 1.82) is 0 Å². The number of nitrogens with one attached hydrogen (secondary N) is 1. The number of benzene rings is 1. The molecule has 0 aliphatic carbocycles. The van der Waals surface area contributed by atoms with Gasteiger partial charge in [-0.1, -0.05) is 26.0 Å². The lowest BCUT2D eigenvalue weighted by molar-refractivity contribution is -0.118. The molecule has 0 bridgehead atoms. The average Bonchev–Trinajstić information content (AvgIpc) is 2.99. The van der Waals surface area contributed by atoms with Crippen LogP contribution in [0.25, 0.3) is 0 Å². The van der Waals surface area contributed by atoms with Crippen molar-refractivity contribution in [3.8, 4) is 5.75 Å². The van der Waals surface area contributed by atoms with E-state index in [2.05, 4.69) is 29.0 Å². The van der Waals surface area contributed by atoms with Gasteiger partial charge in [0.2, 0.25) is 0 Å². The number of rotatable bonds is 6. The first-order chi connectivity index (χ1) is 12.5. The molecule has 0 spiro atoms. The normalized spacial score (nSPS) is 20.7. The van der Waals surface area contributed by atoms with Gasteiger partial charge < -0.3 is 4.74 Å². The minimum absolute atomic E-state index is 0.0144. The van der Waals surface area contributed by atoms with E-state index in [9.17, 15) is 4.79 Å². The molecule has 140 valence electrons. The lowest BCUT2D eigenvalue weighted by Gasteiger charge is -2.34. The van der Waals surface area contributed by atoms with Gasteiger partial charge in [-0.15, -0.1) is 11.3 Å². The maximum Gasteiger partial charge on any atom is 0.264 e. The molecule has 3 rings (SSSR count). The van der Waals surface area contributed by atoms with E-state index in [0.29, 0.717) is 10.9 Å². The van der Waals surface area contributed by atoms with Gasteiger partial charge in [-0.2, -0.15) is 0 Å². The molecule has 2 unspecified atom stereocenters. The fraction of sp³-hybridized carbons (Fsp3) is 0.500. The molecule has 1 aliphatic rings. The summed E-state index contributed by atoms with van der Waals surface area (Å²) in [5, 5.41) is 5.49. The van der Waals surface area contributed by atoms with E-state index >= 15 is 0 Å². The smallest absolute Gasteiger partial charge is 0.264 e. The first kappa shape index (κ1) is 18.9. The van der Waals surface area contributed by atoms with Gasteiger partial charge in [0, 0.05) is 25.0 Å². The molecule has 1 aromatic heterocycles. The number of carbonyl (C=O) groups is 1. The first-order valence-corrected chi connectivity index (χ1v) is 10.0. The van der Waals surface area contributed by atoms with Crippen molar-refractivity contribution in [2.24, 2.45) is 11.8 Å². The van der Waals surface area contributed by atoms with Crippen LogP contribution < -0.4 is 10.1 Å². The fourth-order valence-electron chi connectivity index (χ4n) is 3.60. The maximum atomic E-state index is 12.1. The van der Waals surface area contributed by atoms with Crippen LogP contribution in [0.4, 0.5) is 5.13 Å². The zero-order chi connectivity index (χ0) is 18.5. The predicted octanol–water partition coefficient (Wildman–Crippen LogP) is 3.95. The summed E-state index contributed by atoms with van der Waals surface area (Å²) in [6, 6.07) is 7.67. The Kier molecular flexibility index (Phi) is 6.27. The Hall–Kier alpha value is -1.92. The van der Waals surface area contributed by atoms with Crippen LogP contribution in [0.5, 0.6) is 5.75 Å². The van der Waals surface area contributed by atoms with Gasteiger partial charge >= 0.3 is 0 Å². The summed E-state index contributed by atoms with van der Waals surface area (Å²) in [7, 11) is 0. The molecule has 1 N–H and O–H groups in total. The summed E-state index contributed by atoms with van der Waals surface area (Å²) < 4.78 is 5.53. The standard InChI is InChI=1S/C20H27N3O2S/c1-14-5-4-6-18(8-14)25-12-19(24)22-20-21-17(13-26-20)11-23-9-15(2)7-16(3)10-23/h4-6,8,13,15-16H,7,9-12H2,1-3H3,(H,21,22,24). The van der Waals surface area contributed by atoms with Gasteiger partial charge in [-0.3, -0.25) is 15.0 Å². The number of thiazole rings is 1. The fourth-order valence-corrected chi connectivity index (χ4v) is 4.31. The number of ether oxygens (including phenoxy) is 1. The third-order valence-corrected chi connectivity index (χ3v) is 5.29. The number of carbonyl (C=O) groups excluding carboxylic acids is 1. The molecule has 2 atom stereocenters. The first-order valence-electron chi connectivity index (χ1n) is 9.14. The van der Waals surface area contributed by atoms with Gasteiger partial charge in [0.05, 0.1) is 5.69 Å². The summed E-state index contributed by atoms with van der Waals surface area (Å²) in [6.07, 6.45) is 1.30. The van der Waals surface area contributed by atoms with Gasteiger partial charge in [0.25, 0.3) is 5.91 Å². The van der Waals surface area contributed by atoms with Gasteiger partial charge in [-0.25, -0.2) is 4.98 Å². The Morgan fingerprint density at radius 3 is 2.85 bits per heavy atom. The topological polar surface area (TPSA) is 54.5 Å². The van der Waals surface area contributed by atoms with Gasteiger partial charge in [0.15, 0.2) is 11.7 Å². The largest absolute Gasteiger partial charge is 0.484 e. The molecule has 2 heterocycles. The quantitative estimate of drug-likeness (QED) is 0.833. The number of anilines is 1. The highest BCUT2D eigenvalue weighted by atomic mass is 32.1. The molecule has 2 aromatic rings. The third kappa shape index (κ3) is 5.54. The summed E-state index contributed by atoms with van der Waals surface area (Å²) in [6.45, 7) is 9.68. The average molecular weight is 374 g/mol. The minimum atomic E-state index is -0.187. The highest BCUT2D eigenvalue weighted by molar-refractivity contribution is 7.13. The van der Waals surface area contributed by atoms with Crippen molar-refractivity contribution in [2.45, 2.75) is 33.7 Å². The van der Waals surface area contributed by atoms with E-state index in [4.69, 9.17) is 4.74 Å². The molecule has 0 saturated carbocycles. The van der Waals surface area contributed by atoms with Crippen LogP contribution in [-0.4, -0.2) is 35.5 Å². The Morgan fingerprint density at radius 1 is 1.35 bits per heavy atom. The van der Waals surface area contributed by atoms with E-state index in [1.54, 1.807) is 0 Å². The Morgan fingerprint density at radius 2 is 2.12 bits per heavy atom. The summed E-state index contributed by atoms with van der Waals surface area (Å²) in [4.78, 5) is 19.1. The van der Waals surface area contributed by atoms with E-state index in [-0.39, 0.29) is 12.5 Å². The molecule has 6 heteroatoms. The molecule has 0 radical (unpaired) electrons. The molecule has 1 aromatic carbocycles. The molecular weight excluding hydrogens is 346 g/mol. The third-order valence-electron chi connectivity index (χ3n) is 4.49. The van der Waals surface area contributed by atoms with Crippen LogP contribution in [0.15, 0.2) is 29.6 Å². The predicted molar refractivity (Wildman–Crippen MR) is 106 cm³/mol. The number of hydrogen-bond donors (Lipinski definition) is 1. The lowest BCUT2D eigenvalue weighted by atomic mass is 9.92. The van der Waals surface area contributed by atoms with Crippen LogP contribution in [0, 0.1) is 18.8 Å². The van der Waals surface area contributed by atoms with E-state index in [1.807, 2.05) is 36.6 Å². The molecule has 1 aliphatic heterocycles. The maximum absolute atomic E-state index is 12.1. The second-order valence-electron chi connectivity index (χ2n) is 7.44. The molecule has 26 heavy (non-hydrogen) atoms. The van der Waals surface area contributed by atoms with Crippen LogP contribution >= 0.6 is 11.3 Å². The van der Waals surface area contributed by atoms with Crippen LogP contribution in [0.3, 0.4) is 0 Å². The summed E-state index contributed by atoms with van der Waals surface area (Å²) in [5.41, 5.74) is 2.13. The lowest BCUT2D eigenvalue weighted by Crippen LogP contribution is -2.38. The van der Waals surface area contributed by atoms with Gasteiger partial charge in [0.1, 0.15) is 5.75 Å². The SMILES string of the molecule is Cc1cccc(OCC(=O)Nc2nc(CN3CC(C)CC(C)C3)cs2)c1. The highest BCUT2D eigenvalue weighted by Crippen LogP contribution is 2.24. The molecule has 5 nitrogen and oxygen atoms in total. The second-order valence-corrected chi connectivity index (χ2v) is 8.30. The number of nitrogens with zero attached hydrogens (tertiary/aromatic N) is 2. The van der Waals surface area contributed by atoms with Crippen molar-refractivity contribution in [3.05, 3.63) is 40.9 Å². The zero-order valence-corrected chi connectivity index (χ0v) is 16.5. The van der Waals surface area contributed by atoms with Crippen molar-refractivity contribution < 1.29 is 9.53 Å². The number of aromatic nitrogens is 1. The number of amides is 1. The van der Waals surface area contributed by atoms with Crippen LogP contribution in [0.1, 0.15) is 31.5 Å². The monoisotopic (exact) mass is 373 g/mol. The van der Waals surface area contributed by atoms with E-state index in [0.717, 1.165) is 42.7 Å². The Bertz CT molecular complexity index is 736. The zero-order valence-electron chi connectivity index (χ0n) is 15.7. The van der Waals surface area contributed by atoms with Gasteiger partial charge in [-0.05, 0) is 42.9 Å². The van der Waals surface area contributed by atoms with Crippen LogP contribution in [0.2, 0.25) is 0 Å². The molecule has 1 fully saturated rings. The van der Waals surface area contributed by atoms with Crippen molar-refractivity contribution in [1.82, 2.24) is 9.88 Å². The Balaban J connectivity index is 1.47. The number of likely N-dealkylation sites (tertiary alicyclic amines) is 1. The highest BCUT2D eigenvalue weighted by Gasteiger charge is 2.22. The number of aryl methyl sites for hydroxylation is 1. The minimum Gasteiger partial charge on any atom is -0.484 e. The van der Waals surface area contributed by atoms with Crippen molar-refractivity contribution >= 4 is 22.4 Å². The number of piperidine rings is 1. The molecule has 1 amide bonds.